The fraction of sp³-hybridized carbons (Fsp3) is 0.0345. The molecule has 0 bridgehead atoms. The lowest BCUT2D eigenvalue weighted by Gasteiger charge is -2.34. The molecule has 0 saturated heterocycles. The van der Waals surface area contributed by atoms with Gasteiger partial charge in [0.05, 0.1) is 5.41 Å². The second-order valence-electron chi connectivity index (χ2n) is 7.91. The minimum absolute atomic E-state index is 0.346. The number of hydrogen-bond acceptors (Lipinski definition) is 0. The lowest BCUT2D eigenvalue weighted by Crippen LogP contribution is -2.28. The molecule has 30 heavy (non-hydrogen) atoms. The van der Waals surface area contributed by atoms with E-state index in [1.807, 2.05) is 0 Å². The Morgan fingerprint density at radius 2 is 1.07 bits per heavy atom. The van der Waals surface area contributed by atoms with Gasteiger partial charge in [-0.1, -0.05) is 113 Å². The predicted octanol–water partition coefficient (Wildman–Crippen LogP) is 7.97. The van der Waals surface area contributed by atoms with Crippen LogP contribution in [-0.2, 0) is 5.41 Å². The molecule has 0 radical (unpaired) electrons. The maximum atomic E-state index is 3.73. The smallest absolute Gasteiger partial charge is 0.0619 e. The van der Waals surface area contributed by atoms with Gasteiger partial charge in [-0.25, -0.2) is 0 Å². The summed E-state index contributed by atoms with van der Waals surface area (Å²) >= 11 is 3.73. The lowest BCUT2D eigenvalue weighted by molar-refractivity contribution is 0.769. The molecule has 0 aromatic heterocycles. The van der Waals surface area contributed by atoms with E-state index in [4.69, 9.17) is 0 Å². The Morgan fingerprint density at radius 3 is 1.77 bits per heavy atom. The van der Waals surface area contributed by atoms with Crippen LogP contribution in [0.25, 0.3) is 21.9 Å². The maximum Gasteiger partial charge on any atom is 0.0714 e. The number of fused-ring (bicyclic) bond motifs is 4. The molecule has 0 nitrogen and oxygen atoms in total. The van der Waals surface area contributed by atoms with Crippen LogP contribution in [0, 0.1) is 0 Å². The molecule has 0 unspecified atom stereocenters. The van der Waals surface area contributed by atoms with E-state index in [0.29, 0.717) is 0 Å². The van der Waals surface area contributed by atoms with Crippen LogP contribution in [0.1, 0.15) is 22.3 Å². The molecule has 1 aliphatic rings. The Bertz CT molecular complexity index is 1370. The van der Waals surface area contributed by atoms with E-state index >= 15 is 0 Å². The fourth-order valence-corrected chi connectivity index (χ4v) is 5.57. The Kier molecular flexibility index (Phi) is 3.94. The lowest BCUT2D eigenvalue weighted by atomic mass is 9.67. The van der Waals surface area contributed by atoms with Crippen molar-refractivity contribution in [2.45, 2.75) is 5.41 Å². The van der Waals surface area contributed by atoms with Crippen molar-refractivity contribution in [3.8, 4) is 11.1 Å². The first-order valence-corrected chi connectivity index (χ1v) is 11.0. The highest BCUT2D eigenvalue weighted by molar-refractivity contribution is 9.10. The van der Waals surface area contributed by atoms with Crippen LogP contribution in [0.5, 0.6) is 0 Å². The van der Waals surface area contributed by atoms with Crippen LogP contribution >= 0.6 is 15.9 Å². The van der Waals surface area contributed by atoms with E-state index in [1.165, 1.54) is 44.2 Å². The van der Waals surface area contributed by atoms with Gasteiger partial charge in [0.15, 0.2) is 0 Å². The van der Waals surface area contributed by atoms with Crippen LogP contribution < -0.4 is 0 Å². The second-order valence-corrected chi connectivity index (χ2v) is 8.83. The zero-order valence-corrected chi connectivity index (χ0v) is 17.9. The SMILES string of the molecule is Brc1cccc(C2(c3ccc4ccccc4c3)c3ccccc3-c3ccccc32)c1. The third kappa shape index (κ3) is 2.39. The molecule has 0 N–H and O–H groups in total. The molecule has 0 fully saturated rings. The summed E-state index contributed by atoms with van der Waals surface area (Å²) in [5.74, 6) is 0. The van der Waals surface area contributed by atoms with Crippen molar-refractivity contribution in [3.63, 3.8) is 0 Å². The Labute approximate surface area is 185 Å². The molecule has 1 heteroatoms. The van der Waals surface area contributed by atoms with Gasteiger partial charge in [-0.3, -0.25) is 0 Å². The summed E-state index contributed by atoms with van der Waals surface area (Å²) in [6.07, 6.45) is 0. The summed E-state index contributed by atoms with van der Waals surface area (Å²) in [4.78, 5) is 0. The number of benzene rings is 5. The molecule has 6 rings (SSSR count). The minimum atomic E-state index is -0.346. The summed E-state index contributed by atoms with van der Waals surface area (Å²) in [7, 11) is 0. The molecule has 0 saturated carbocycles. The topological polar surface area (TPSA) is 0 Å². The van der Waals surface area contributed by atoms with Crippen molar-refractivity contribution < 1.29 is 0 Å². The normalized spacial score (nSPS) is 13.8. The van der Waals surface area contributed by atoms with Gasteiger partial charge in [-0.15, -0.1) is 0 Å². The van der Waals surface area contributed by atoms with Crippen molar-refractivity contribution in [2.24, 2.45) is 0 Å². The summed E-state index contributed by atoms with van der Waals surface area (Å²) in [5, 5.41) is 2.54. The van der Waals surface area contributed by atoms with Gasteiger partial charge in [0.1, 0.15) is 0 Å². The van der Waals surface area contributed by atoms with Gasteiger partial charge in [-0.2, -0.15) is 0 Å². The number of halogens is 1. The largest absolute Gasteiger partial charge is 0.0714 e. The Hall–Kier alpha value is -3.16. The van der Waals surface area contributed by atoms with Gasteiger partial charge >= 0.3 is 0 Å². The van der Waals surface area contributed by atoms with E-state index in [2.05, 4.69) is 131 Å². The molecule has 0 spiro atoms. The van der Waals surface area contributed by atoms with Gasteiger partial charge < -0.3 is 0 Å². The highest BCUT2D eigenvalue weighted by atomic mass is 79.9. The van der Waals surface area contributed by atoms with Crippen LogP contribution in [0.3, 0.4) is 0 Å². The molecule has 0 heterocycles. The van der Waals surface area contributed by atoms with Crippen molar-refractivity contribution in [1.29, 1.82) is 0 Å². The van der Waals surface area contributed by atoms with Gasteiger partial charge in [0.25, 0.3) is 0 Å². The van der Waals surface area contributed by atoms with E-state index in [9.17, 15) is 0 Å². The van der Waals surface area contributed by atoms with Crippen molar-refractivity contribution in [1.82, 2.24) is 0 Å². The molecular weight excluding hydrogens is 428 g/mol. The summed E-state index contributed by atoms with van der Waals surface area (Å²) < 4.78 is 1.10. The van der Waals surface area contributed by atoms with Gasteiger partial charge in [0, 0.05) is 4.47 Å². The van der Waals surface area contributed by atoms with Gasteiger partial charge in [0.2, 0.25) is 0 Å². The maximum absolute atomic E-state index is 3.73. The third-order valence-corrected chi connectivity index (χ3v) is 6.89. The molecule has 142 valence electrons. The van der Waals surface area contributed by atoms with Crippen LogP contribution in [0.2, 0.25) is 0 Å². The third-order valence-electron chi connectivity index (χ3n) is 6.39. The van der Waals surface area contributed by atoms with E-state index in [1.54, 1.807) is 0 Å². The average Bonchev–Trinajstić information content (AvgIpc) is 3.10. The summed E-state index contributed by atoms with van der Waals surface area (Å²) in [5.41, 5.74) is 7.57. The molecule has 5 aromatic carbocycles. The molecular formula is C29H19Br. The highest BCUT2D eigenvalue weighted by Crippen LogP contribution is 2.56. The molecule has 5 aromatic rings. The van der Waals surface area contributed by atoms with E-state index in [0.717, 1.165) is 4.47 Å². The minimum Gasteiger partial charge on any atom is -0.0619 e. The zero-order valence-electron chi connectivity index (χ0n) is 16.3. The average molecular weight is 447 g/mol. The predicted molar refractivity (Wildman–Crippen MR) is 129 cm³/mol. The first kappa shape index (κ1) is 17.7. The van der Waals surface area contributed by atoms with Crippen LogP contribution in [0.15, 0.2) is 120 Å². The molecule has 0 atom stereocenters. The Balaban J connectivity index is 1.79. The highest BCUT2D eigenvalue weighted by Gasteiger charge is 2.45. The van der Waals surface area contributed by atoms with Crippen LogP contribution in [-0.4, -0.2) is 0 Å². The number of rotatable bonds is 2. The van der Waals surface area contributed by atoms with Crippen molar-refractivity contribution in [3.05, 3.63) is 142 Å². The monoisotopic (exact) mass is 446 g/mol. The summed E-state index contributed by atoms with van der Waals surface area (Å²) in [6, 6.07) is 42.1. The fourth-order valence-electron chi connectivity index (χ4n) is 5.17. The first-order valence-electron chi connectivity index (χ1n) is 10.2. The van der Waals surface area contributed by atoms with Gasteiger partial charge in [-0.05, 0) is 62.4 Å². The van der Waals surface area contributed by atoms with Crippen molar-refractivity contribution >= 4 is 26.7 Å². The van der Waals surface area contributed by atoms with E-state index < -0.39 is 0 Å². The molecule has 0 amide bonds. The second kappa shape index (κ2) is 6.68. The standard InChI is InChI=1S/C29H19Br/c30-24-11-7-10-22(19-24)29(23-17-16-20-8-1-2-9-21(20)18-23)27-14-5-3-12-25(27)26-13-4-6-15-28(26)29/h1-19H. The first-order chi connectivity index (χ1) is 14.8. The van der Waals surface area contributed by atoms with Crippen LogP contribution in [0.4, 0.5) is 0 Å². The quantitative estimate of drug-likeness (QED) is 0.253. The number of hydrogen-bond donors (Lipinski definition) is 0. The molecule has 0 aliphatic heterocycles. The summed E-state index contributed by atoms with van der Waals surface area (Å²) in [6.45, 7) is 0. The van der Waals surface area contributed by atoms with Crippen molar-refractivity contribution in [2.75, 3.05) is 0 Å². The Morgan fingerprint density at radius 1 is 0.467 bits per heavy atom. The zero-order chi connectivity index (χ0) is 20.1. The van der Waals surface area contributed by atoms with E-state index in [-0.39, 0.29) is 5.41 Å². The molecule has 1 aliphatic carbocycles.